The van der Waals surface area contributed by atoms with Gasteiger partial charge in [0.15, 0.2) is 5.96 Å². The van der Waals surface area contributed by atoms with Crippen molar-refractivity contribution in [3.05, 3.63) is 64.0 Å². The molecule has 0 aliphatic carbocycles. The molecule has 28 heavy (non-hydrogen) atoms. The number of hydrogen-bond donors (Lipinski definition) is 3. The summed E-state index contributed by atoms with van der Waals surface area (Å²) in [5, 5.41) is 0.830. The largest absolute Gasteiger partial charge is 0.370 e. The van der Waals surface area contributed by atoms with E-state index in [4.69, 9.17) is 34.7 Å². The molecule has 3 aromatic rings. The van der Waals surface area contributed by atoms with E-state index in [0.717, 1.165) is 24.3 Å². The van der Waals surface area contributed by atoms with Crippen LogP contribution in [0, 0.1) is 5.82 Å². The number of guanidine groups is 1. The summed E-state index contributed by atoms with van der Waals surface area (Å²) in [6.45, 7) is 0.0898. The summed E-state index contributed by atoms with van der Waals surface area (Å²) in [6.07, 6.45) is 0. The van der Waals surface area contributed by atoms with Crippen LogP contribution in [-0.2, 0) is 16.6 Å². The van der Waals surface area contributed by atoms with E-state index in [1.165, 1.54) is 6.07 Å². The normalized spacial score (nSPS) is 11.4. The maximum atomic E-state index is 13.1. The molecule has 0 spiro atoms. The second-order valence-electron chi connectivity index (χ2n) is 5.71. The fraction of sp³-hybridized carbons (Fsp3) is 0.0588. The molecule has 0 saturated carbocycles. The minimum Gasteiger partial charge on any atom is -0.370 e. The predicted octanol–water partition coefficient (Wildman–Crippen LogP) is 3.25. The van der Waals surface area contributed by atoms with Gasteiger partial charge in [0, 0.05) is 5.39 Å². The molecule has 0 bridgehead atoms. The number of nitrogens with one attached hydrogen (secondary N) is 1. The lowest BCUT2D eigenvalue weighted by Crippen LogP contribution is -2.22. The molecule has 0 radical (unpaired) electrons. The Bertz CT molecular complexity index is 1180. The molecule has 146 valence electrons. The van der Waals surface area contributed by atoms with Crippen LogP contribution in [0.15, 0.2) is 52.4 Å². The highest BCUT2D eigenvalue weighted by Crippen LogP contribution is 2.36. The third-order valence-electron chi connectivity index (χ3n) is 3.72. The van der Waals surface area contributed by atoms with Gasteiger partial charge in [0.2, 0.25) is 0 Å². The van der Waals surface area contributed by atoms with Gasteiger partial charge in [0.05, 0.1) is 38.4 Å². The Morgan fingerprint density at radius 2 is 1.79 bits per heavy atom. The molecule has 0 amide bonds. The molecule has 0 atom stereocenters. The molecule has 3 rings (SSSR count). The Morgan fingerprint density at radius 1 is 1.11 bits per heavy atom. The molecule has 0 aliphatic rings. The number of pyridine rings is 1. The Balaban J connectivity index is 2.12. The number of halogens is 3. The smallest absolute Gasteiger partial charge is 0.262 e. The van der Waals surface area contributed by atoms with Crippen molar-refractivity contribution >= 4 is 55.8 Å². The summed E-state index contributed by atoms with van der Waals surface area (Å²) in [6, 6.07) is 9.10. The first-order valence-corrected chi connectivity index (χ1v) is 10.0. The molecule has 1 heterocycles. The summed E-state index contributed by atoms with van der Waals surface area (Å²) in [4.78, 5) is 8.13. The molecule has 5 N–H and O–H groups in total. The van der Waals surface area contributed by atoms with Crippen LogP contribution in [0.2, 0.25) is 10.0 Å². The van der Waals surface area contributed by atoms with Crippen LogP contribution in [0.3, 0.4) is 0 Å². The second-order valence-corrected chi connectivity index (χ2v) is 8.21. The van der Waals surface area contributed by atoms with E-state index in [2.05, 4.69) is 14.7 Å². The summed E-state index contributed by atoms with van der Waals surface area (Å²) in [5.74, 6) is -0.664. The highest BCUT2D eigenvalue weighted by molar-refractivity contribution is 7.92. The molecule has 0 aliphatic heterocycles. The van der Waals surface area contributed by atoms with Crippen LogP contribution in [-0.4, -0.2) is 19.4 Å². The minimum atomic E-state index is -4.05. The van der Waals surface area contributed by atoms with E-state index >= 15 is 0 Å². The van der Waals surface area contributed by atoms with E-state index in [-0.39, 0.29) is 33.6 Å². The van der Waals surface area contributed by atoms with E-state index in [9.17, 15) is 12.8 Å². The lowest BCUT2D eigenvalue weighted by atomic mass is 10.1. The number of nitrogens with zero attached hydrogens (tertiary/aromatic N) is 2. The van der Waals surface area contributed by atoms with Crippen LogP contribution in [0.4, 0.5) is 10.1 Å². The molecule has 11 heteroatoms. The van der Waals surface area contributed by atoms with Crippen molar-refractivity contribution in [2.24, 2.45) is 16.5 Å². The number of rotatable bonds is 5. The highest BCUT2D eigenvalue weighted by atomic mass is 35.5. The maximum Gasteiger partial charge on any atom is 0.262 e. The number of sulfonamides is 1. The van der Waals surface area contributed by atoms with Gasteiger partial charge >= 0.3 is 0 Å². The third-order valence-corrected chi connectivity index (χ3v) is 5.70. The van der Waals surface area contributed by atoms with Crippen LogP contribution in [0.1, 0.15) is 5.69 Å². The van der Waals surface area contributed by atoms with Crippen molar-refractivity contribution in [3.8, 4) is 0 Å². The zero-order chi connectivity index (χ0) is 20.5. The lowest BCUT2D eigenvalue weighted by molar-refractivity contribution is 0.599. The van der Waals surface area contributed by atoms with Gasteiger partial charge in [-0.05, 0) is 42.5 Å². The van der Waals surface area contributed by atoms with Gasteiger partial charge in [-0.3, -0.25) is 4.72 Å². The third kappa shape index (κ3) is 4.27. The van der Waals surface area contributed by atoms with Gasteiger partial charge in [-0.25, -0.2) is 22.8 Å². The molecular formula is C17H14Cl2FN5O2S. The number of aromatic nitrogens is 1. The van der Waals surface area contributed by atoms with Gasteiger partial charge in [0.25, 0.3) is 10.0 Å². The predicted molar refractivity (Wildman–Crippen MR) is 108 cm³/mol. The second kappa shape index (κ2) is 7.78. The first-order valence-electron chi connectivity index (χ1n) is 7.79. The number of fused-ring (bicyclic) bond motifs is 1. The Labute approximate surface area is 170 Å². The van der Waals surface area contributed by atoms with Crippen LogP contribution in [0.5, 0.6) is 0 Å². The molecule has 0 saturated heterocycles. The van der Waals surface area contributed by atoms with Crippen LogP contribution < -0.4 is 16.2 Å². The van der Waals surface area contributed by atoms with E-state index < -0.39 is 15.8 Å². The molecule has 2 aromatic carbocycles. The Morgan fingerprint density at radius 3 is 2.43 bits per heavy atom. The summed E-state index contributed by atoms with van der Waals surface area (Å²) in [7, 11) is -4.05. The SMILES string of the molecule is NC(N)=NCc1ccc2c(Cl)cc(Cl)c(NS(=O)(=O)c3ccc(F)cc3)c2n1. The molecule has 1 aromatic heterocycles. The van der Waals surface area contributed by atoms with Crippen molar-refractivity contribution in [1.29, 1.82) is 0 Å². The van der Waals surface area contributed by atoms with Gasteiger partial charge in [-0.1, -0.05) is 23.2 Å². The molecule has 7 nitrogen and oxygen atoms in total. The average molecular weight is 442 g/mol. The van der Waals surface area contributed by atoms with E-state index in [1.54, 1.807) is 12.1 Å². The Kier molecular flexibility index (Phi) is 5.59. The van der Waals surface area contributed by atoms with Crippen molar-refractivity contribution in [1.82, 2.24) is 4.98 Å². The molecule has 0 unspecified atom stereocenters. The highest BCUT2D eigenvalue weighted by Gasteiger charge is 2.20. The number of nitrogens with two attached hydrogens (primary N) is 2. The number of hydrogen-bond acceptors (Lipinski definition) is 4. The maximum absolute atomic E-state index is 13.1. The number of aliphatic imine (C=N–C) groups is 1. The van der Waals surface area contributed by atoms with Crippen molar-refractivity contribution < 1.29 is 12.8 Å². The summed E-state index contributed by atoms with van der Waals surface area (Å²) >= 11 is 12.4. The van der Waals surface area contributed by atoms with E-state index in [1.807, 2.05) is 0 Å². The Hall–Kier alpha value is -2.62. The fourth-order valence-corrected chi connectivity index (χ4v) is 4.13. The number of benzene rings is 2. The quantitative estimate of drug-likeness (QED) is 0.414. The van der Waals surface area contributed by atoms with Gasteiger partial charge in [-0.2, -0.15) is 0 Å². The summed E-state index contributed by atoms with van der Waals surface area (Å²) < 4.78 is 40.9. The van der Waals surface area contributed by atoms with Crippen molar-refractivity contribution in [2.75, 3.05) is 4.72 Å². The van der Waals surface area contributed by atoms with Gasteiger partial charge < -0.3 is 11.5 Å². The van der Waals surface area contributed by atoms with E-state index in [0.29, 0.717) is 16.1 Å². The van der Waals surface area contributed by atoms with Crippen LogP contribution in [0.25, 0.3) is 10.9 Å². The zero-order valence-electron chi connectivity index (χ0n) is 14.2. The van der Waals surface area contributed by atoms with Gasteiger partial charge in [0.1, 0.15) is 5.82 Å². The van der Waals surface area contributed by atoms with Crippen molar-refractivity contribution in [3.63, 3.8) is 0 Å². The first-order chi connectivity index (χ1) is 13.2. The minimum absolute atomic E-state index is 0.0388. The fourth-order valence-electron chi connectivity index (χ4n) is 2.42. The monoisotopic (exact) mass is 441 g/mol. The lowest BCUT2D eigenvalue weighted by Gasteiger charge is -2.14. The first kappa shape index (κ1) is 20.1. The summed E-state index contributed by atoms with van der Waals surface area (Å²) in [5.41, 5.74) is 11.4. The standard InChI is InChI=1S/C17H14Cl2FN5O2S/c18-13-7-14(19)16(25-28(26,27)11-4-1-9(20)2-5-11)15-12(13)6-3-10(24-15)8-23-17(21)22/h1-7,25H,8H2,(H4,21,22,23). The average Bonchev–Trinajstić information content (AvgIpc) is 2.63. The van der Waals surface area contributed by atoms with Gasteiger partial charge in [-0.15, -0.1) is 0 Å². The van der Waals surface area contributed by atoms with Crippen molar-refractivity contribution in [2.45, 2.75) is 11.4 Å². The molecule has 0 fully saturated rings. The zero-order valence-corrected chi connectivity index (χ0v) is 16.5. The molecular weight excluding hydrogens is 428 g/mol. The van der Waals surface area contributed by atoms with Crippen LogP contribution >= 0.6 is 23.2 Å². The number of anilines is 1. The topological polar surface area (TPSA) is 123 Å².